The van der Waals surface area contributed by atoms with Gasteiger partial charge in [-0.15, -0.1) is 0 Å². The number of carbonyl (C=O) groups excluding carboxylic acids is 1. The summed E-state index contributed by atoms with van der Waals surface area (Å²) in [5, 5.41) is 3.27. The Bertz CT molecular complexity index is 415. The zero-order valence-corrected chi connectivity index (χ0v) is 11.4. The number of aromatic nitrogens is 2. The van der Waals surface area contributed by atoms with Gasteiger partial charge in [-0.3, -0.25) is 10.1 Å². The molecule has 1 amide bonds. The second kappa shape index (κ2) is 5.52. The average molecular weight is 250 g/mol. The number of hydrogen-bond donors (Lipinski definition) is 2. The number of rotatable bonds is 4. The first kappa shape index (κ1) is 13.1. The minimum absolute atomic E-state index is 0.130. The van der Waals surface area contributed by atoms with Gasteiger partial charge in [0, 0.05) is 26.6 Å². The quantitative estimate of drug-likeness (QED) is 0.835. The number of aromatic amines is 1. The lowest BCUT2D eigenvalue weighted by molar-refractivity contribution is -0.132. The van der Waals surface area contributed by atoms with Gasteiger partial charge in [0.05, 0.1) is 23.8 Å². The van der Waals surface area contributed by atoms with E-state index in [0.29, 0.717) is 18.9 Å². The molecule has 18 heavy (non-hydrogen) atoms. The molecule has 5 heteroatoms. The predicted molar refractivity (Wildman–Crippen MR) is 70.0 cm³/mol. The fraction of sp³-hybridized carbons (Fsp3) is 0.692. The smallest absolute Gasteiger partial charge is 0.239 e. The van der Waals surface area contributed by atoms with E-state index in [1.54, 1.807) is 6.33 Å². The number of amides is 1. The molecular formula is C13H22N4O. The highest BCUT2D eigenvalue weighted by Crippen LogP contribution is 2.14. The molecule has 0 bridgehead atoms. The summed E-state index contributed by atoms with van der Waals surface area (Å²) in [6, 6.07) is -0.130. The first-order valence-corrected chi connectivity index (χ1v) is 6.61. The Morgan fingerprint density at radius 1 is 1.67 bits per heavy atom. The second-order valence-electron chi connectivity index (χ2n) is 5.20. The first-order valence-electron chi connectivity index (χ1n) is 6.61. The maximum Gasteiger partial charge on any atom is 0.239 e. The molecule has 2 unspecified atom stereocenters. The first-order chi connectivity index (χ1) is 8.61. The van der Waals surface area contributed by atoms with Crippen molar-refractivity contribution in [2.24, 2.45) is 5.92 Å². The van der Waals surface area contributed by atoms with Gasteiger partial charge in [-0.1, -0.05) is 20.3 Å². The van der Waals surface area contributed by atoms with E-state index in [1.165, 1.54) is 0 Å². The molecule has 0 aromatic carbocycles. The summed E-state index contributed by atoms with van der Waals surface area (Å²) in [5.41, 5.74) is 2.12. The van der Waals surface area contributed by atoms with E-state index >= 15 is 0 Å². The molecule has 1 aromatic rings. The number of nitrogens with zero attached hydrogens (tertiary/aromatic N) is 2. The summed E-state index contributed by atoms with van der Waals surface area (Å²) >= 11 is 0. The molecule has 1 aromatic heterocycles. The monoisotopic (exact) mass is 250 g/mol. The average Bonchev–Trinajstić information content (AvgIpc) is 2.84. The van der Waals surface area contributed by atoms with Crippen LogP contribution in [0.25, 0.3) is 0 Å². The Balaban J connectivity index is 1.94. The van der Waals surface area contributed by atoms with Gasteiger partial charge < -0.3 is 9.88 Å². The van der Waals surface area contributed by atoms with Crippen molar-refractivity contribution in [2.45, 2.75) is 39.3 Å². The second-order valence-corrected chi connectivity index (χ2v) is 5.20. The maximum atomic E-state index is 12.3. The summed E-state index contributed by atoms with van der Waals surface area (Å²) in [6.07, 6.45) is 3.48. The van der Waals surface area contributed by atoms with Crippen LogP contribution in [0.2, 0.25) is 0 Å². The third-order valence-corrected chi connectivity index (χ3v) is 3.69. The van der Waals surface area contributed by atoms with Crippen molar-refractivity contribution in [1.29, 1.82) is 0 Å². The third kappa shape index (κ3) is 2.72. The molecule has 1 aliphatic rings. The van der Waals surface area contributed by atoms with Crippen LogP contribution in [0.3, 0.4) is 0 Å². The fourth-order valence-corrected chi connectivity index (χ4v) is 2.30. The predicted octanol–water partition coefficient (Wildman–Crippen LogP) is 0.928. The highest BCUT2D eigenvalue weighted by atomic mass is 16.2. The lowest BCUT2D eigenvalue weighted by Gasteiger charge is -2.28. The highest BCUT2D eigenvalue weighted by Gasteiger charge is 2.28. The summed E-state index contributed by atoms with van der Waals surface area (Å²) in [7, 11) is 1.89. The number of likely N-dealkylation sites (N-methyl/N-ethyl adjacent to an activating group) is 1. The molecule has 0 aliphatic carbocycles. The number of H-pyrrole nitrogens is 1. The van der Waals surface area contributed by atoms with Crippen LogP contribution in [0, 0.1) is 5.92 Å². The minimum atomic E-state index is -0.130. The van der Waals surface area contributed by atoms with Gasteiger partial charge in [0.2, 0.25) is 5.91 Å². The Kier molecular flexibility index (Phi) is 4.01. The number of imidazole rings is 1. The van der Waals surface area contributed by atoms with E-state index in [2.05, 4.69) is 29.1 Å². The molecule has 0 saturated carbocycles. The molecule has 2 atom stereocenters. The number of nitrogens with one attached hydrogen (secondary N) is 2. The van der Waals surface area contributed by atoms with Gasteiger partial charge in [-0.05, 0) is 5.92 Å². The Morgan fingerprint density at radius 2 is 2.44 bits per heavy atom. The molecule has 2 N–H and O–H groups in total. The van der Waals surface area contributed by atoms with Crippen molar-refractivity contribution in [3.05, 3.63) is 17.7 Å². The van der Waals surface area contributed by atoms with Crippen LogP contribution in [0.1, 0.15) is 31.7 Å². The van der Waals surface area contributed by atoms with Crippen molar-refractivity contribution < 1.29 is 4.79 Å². The normalized spacial score (nSPS) is 20.3. The van der Waals surface area contributed by atoms with Crippen molar-refractivity contribution in [2.75, 3.05) is 13.6 Å². The number of hydrogen-bond acceptors (Lipinski definition) is 3. The van der Waals surface area contributed by atoms with Gasteiger partial charge in [0.15, 0.2) is 0 Å². The zero-order valence-electron chi connectivity index (χ0n) is 11.4. The van der Waals surface area contributed by atoms with Gasteiger partial charge in [-0.2, -0.15) is 0 Å². The van der Waals surface area contributed by atoms with Crippen LogP contribution < -0.4 is 5.32 Å². The van der Waals surface area contributed by atoms with Crippen molar-refractivity contribution >= 4 is 5.91 Å². The molecule has 2 rings (SSSR count). The summed E-state index contributed by atoms with van der Waals surface area (Å²) in [6.45, 7) is 5.84. The summed E-state index contributed by atoms with van der Waals surface area (Å²) in [4.78, 5) is 21.5. The fourth-order valence-electron chi connectivity index (χ4n) is 2.30. The van der Waals surface area contributed by atoms with Crippen LogP contribution in [0.5, 0.6) is 0 Å². The molecule has 0 radical (unpaired) electrons. The number of carbonyl (C=O) groups is 1. The van der Waals surface area contributed by atoms with Gasteiger partial charge in [-0.25, -0.2) is 4.98 Å². The topological polar surface area (TPSA) is 61.0 Å². The lowest BCUT2D eigenvalue weighted by atomic mass is 10.0. The van der Waals surface area contributed by atoms with Crippen LogP contribution in [0.4, 0.5) is 0 Å². The SMILES string of the molecule is CCC(C)CN(C)C(=O)C1Cc2nc[nH]c2CN1. The van der Waals surface area contributed by atoms with Gasteiger partial charge in [0.25, 0.3) is 0 Å². The van der Waals surface area contributed by atoms with Crippen LogP contribution in [-0.4, -0.2) is 40.4 Å². The molecule has 2 heterocycles. The van der Waals surface area contributed by atoms with Gasteiger partial charge >= 0.3 is 0 Å². The van der Waals surface area contributed by atoms with Crippen LogP contribution in [-0.2, 0) is 17.8 Å². The Labute approximate surface area is 108 Å². The van der Waals surface area contributed by atoms with E-state index in [4.69, 9.17) is 0 Å². The molecular weight excluding hydrogens is 228 g/mol. The molecule has 0 spiro atoms. The van der Waals surface area contributed by atoms with Crippen molar-refractivity contribution in [1.82, 2.24) is 20.2 Å². The zero-order chi connectivity index (χ0) is 13.1. The Morgan fingerprint density at radius 3 is 3.17 bits per heavy atom. The molecule has 5 nitrogen and oxygen atoms in total. The van der Waals surface area contributed by atoms with Crippen LogP contribution >= 0.6 is 0 Å². The van der Waals surface area contributed by atoms with E-state index in [9.17, 15) is 4.79 Å². The standard InChI is InChI=1S/C13H22N4O/c1-4-9(2)7-17(3)13(18)11-5-10-12(6-14-11)16-8-15-10/h8-9,11,14H,4-7H2,1-3H3,(H,15,16). The minimum Gasteiger partial charge on any atom is -0.347 e. The van der Waals surface area contributed by atoms with Gasteiger partial charge in [0.1, 0.15) is 0 Å². The summed E-state index contributed by atoms with van der Waals surface area (Å²) < 4.78 is 0. The van der Waals surface area contributed by atoms with E-state index < -0.39 is 0 Å². The summed E-state index contributed by atoms with van der Waals surface area (Å²) in [5.74, 6) is 0.715. The van der Waals surface area contributed by atoms with E-state index in [-0.39, 0.29) is 11.9 Å². The third-order valence-electron chi connectivity index (χ3n) is 3.69. The maximum absolute atomic E-state index is 12.3. The highest BCUT2D eigenvalue weighted by molar-refractivity contribution is 5.82. The van der Waals surface area contributed by atoms with Crippen molar-refractivity contribution in [3.8, 4) is 0 Å². The molecule has 100 valence electrons. The number of fused-ring (bicyclic) bond motifs is 1. The largest absolute Gasteiger partial charge is 0.347 e. The van der Waals surface area contributed by atoms with E-state index in [0.717, 1.165) is 24.4 Å². The molecule has 0 fully saturated rings. The van der Waals surface area contributed by atoms with Crippen LogP contribution in [0.15, 0.2) is 6.33 Å². The Hall–Kier alpha value is -1.36. The lowest BCUT2D eigenvalue weighted by Crippen LogP contribution is -2.49. The molecule has 0 saturated heterocycles. The molecule has 1 aliphatic heterocycles. The van der Waals surface area contributed by atoms with E-state index in [1.807, 2.05) is 11.9 Å². The van der Waals surface area contributed by atoms with Crippen molar-refractivity contribution in [3.63, 3.8) is 0 Å².